The molecule has 2 aliphatic heterocycles. The van der Waals surface area contributed by atoms with Gasteiger partial charge in [0.15, 0.2) is 0 Å². The molecule has 2 heterocycles. The highest BCUT2D eigenvalue weighted by atomic mass is 35.5. The zero-order chi connectivity index (χ0) is 15.5. The molecule has 6 heteroatoms. The number of morpholine rings is 1. The smallest absolute Gasteiger partial charge is 0.224 e. The van der Waals surface area contributed by atoms with Crippen molar-refractivity contribution in [1.82, 2.24) is 10.2 Å². The Morgan fingerprint density at radius 3 is 2.91 bits per heavy atom. The molecule has 3 unspecified atom stereocenters. The lowest BCUT2D eigenvalue weighted by molar-refractivity contribution is -0.133. The quantitative estimate of drug-likeness (QED) is 0.917. The number of hydrogen-bond acceptors (Lipinski definition) is 3. The minimum absolute atomic E-state index is 0. The van der Waals surface area contributed by atoms with Gasteiger partial charge in [-0.3, -0.25) is 4.79 Å². The average molecular weight is 343 g/mol. The molecule has 1 aromatic rings. The molecule has 0 radical (unpaired) electrons. The molecule has 0 saturated carbocycles. The van der Waals surface area contributed by atoms with Crippen LogP contribution in [0.5, 0.6) is 0 Å². The second-order valence-electron chi connectivity index (χ2n) is 6.35. The van der Waals surface area contributed by atoms with Crippen molar-refractivity contribution in [2.75, 3.05) is 26.3 Å². The Balaban J connectivity index is 0.00000192. The molecule has 2 fully saturated rings. The second-order valence-corrected chi connectivity index (χ2v) is 6.35. The van der Waals surface area contributed by atoms with E-state index in [2.05, 4.69) is 12.2 Å². The van der Waals surface area contributed by atoms with E-state index in [9.17, 15) is 9.18 Å². The fourth-order valence-electron chi connectivity index (χ4n) is 3.44. The Morgan fingerprint density at radius 2 is 2.22 bits per heavy atom. The fourth-order valence-corrected chi connectivity index (χ4v) is 3.44. The normalized spacial score (nSPS) is 27.6. The molecule has 4 nitrogen and oxygen atoms in total. The predicted octanol–water partition coefficient (Wildman–Crippen LogP) is 2.54. The third kappa shape index (κ3) is 4.22. The first-order valence-corrected chi connectivity index (χ1v) is 8.00. The highest BCUT2D eigenvalue weighted by molar-refractivity contribution is 5.85. The Labute approximate surface area is 142 Å². The SMILES string of the molecule is CC1CC(c2ccccc2F)N(C(=O)CC2COCCN2)C1.Cl. The number of carbonyl (C=O) groups excluding carboxylic acids is 1. The molecule has 23 heavy (non-hydrogen) atoms. The van der Waals surface area contributed by atoms with Gasteiger partial charge in [-0.05, 0) is 18.4 Å². The molecule has 0 aromatic heterocycles. The van der Waals surface area contributed by atoms with Crippen LogP contribution in [0.1, 0.15) is 31.4 Å². The molecule has 2 saturated heterocycles. The fraction of sp³-hybridized carbons (Fsp3) is 0.588. The van der Waals surface area contributed by atoms with Crippen molar-refractivity contribution < 1.29 is 13.9 Å². The molecule has 2 aliphatic rings. The number of halogens is 2. The molecule has 1 N–H and O–H groups in total. The first-order chi connectivity index (χ1) is 10.6. The summed E-state index contributed by atoms with van der Waals surface area (Å²) in [6.45, 7) is 4.86. The molecule has 1 aromatic carbocycles. The van der Waals surface area contributed by atoms with Crippen molar-refractivity contribution >= 4 is 18.3 Å². The van der Waals surface area contributed by atoms with Gasteiger partial charge in [0, 0.05) is 31.1 Å². The Morgan fingerprint density at radius 1 is 1.43 bits per heavy atom. The van der Waals surface area contributed by atoms with Gasteiger partial charge in [0.05, 0.1) is 19.3 Å². The molecule has 3 atom stereocenters. The molecule has 128 valence electrons. The number of amides is 1. The van der Waals surface area contributed by atoms with Gasteiger partial charge in [-0.1, -0.05) is 25.1 Å². The lowest BCUT2D eigenvalue weighted by Crippen LogP contribution is -2.45. The van der Waals surface area contributed by atoms with Crippen LogP contribution in [0.4, 0.5) is 4.39 Å². The van der Waals surface area contributed by atoms with Gasteiger partial charge < -0.3 is 15.0 Å². The second kappa shape index (κ2) is 8.08. The number of carbonyl (C=O) groups is 1. The molecule has 1 amide bonds. The Hall–Kier alpha value is -1.17. The summed E-state index contributed by atoms with van der Waals surface area (Å²) in [7, 11) is 0. The molecule has 0 spiro atoms. The molecule has 0 aliphatic carbocycles. The summed E-state index contributed by atoms with van der Waals surface area (Å²) in [6.07, 6.45) is 1.24. The minimum atomic E-state index is -0.224. The zero-order valence-electron chi connectivity index (χ0n) is 13.3. The summed E-state index contributed by atoms with van der Waals surface area (Å²) < 4.78 is 19.5. The van der Waals surface area contributed by atoms with Crippen LogP contribution in [-0.2, 0) is 9.53 Å². The number of ether oxygens (including phenoxy) is 1. The summed E-state index contributed by atoms with van der Waals surface area (Å²) in [5, 5.41) is 3.30. The van der Waals surface area contributed by atoms with Gasteiger partial charge in [0.2, 0.25) is 5.91 Å². The first kappa shape index (κ1) is 18.2. The van der Waals surface area contributed by atoms with E-state index >= 15 is 0 Å². The van der Waals surface area contributed by atoms with E-state index in [1.54, 1.807) is 12.1 Å². The van der Waals surface area contributed by atoms with Gasteiger partial charge in [0.25, 0.3) is 0 Å². The number of hydrogen-bond donors (Lipinski definition) is 1. The van der Waals surface area contributed by atoms with Crippen molar-refractivity contribution in [3.8, 4) is 0 Å². The number of likely N-dealkylation sites (tertiary alicyclic amines) is 1. The van der Waals surface area contributed by atoms with Crippen LogP contribution in [0.15, 0.2) is 24.3 Å². The third-order valence-corrected chi connectivity index (χ3v) is 4.51. The van der Waals surface area contributed by atoms with E-state index in [0.717, 1.165) is 13.0 Å². The van der Waals surface area contributed by atoms with Gasteiger partial charge >= 0.3 is 0 Å². The maximum atomic E-state index is 14.1. The van der Waals surface area contributed by atoms with Crippen LogP contribution in [0.3, 0.4) is 0 Å². The standard InChI is InChI=1S/C17H23FN2O2.ClH/c1-12-8-16(14-4-2-3-5-15(14)18)20(10-12)17(21)9-13-11-22-7-6-19-13;/h2-5,12-13,16,19H,6-11H2,1H3;1H. The van der Waals surface area contributed by atoms with E-state index in [-0.39, 0.29) is 36.2 Å². The molecular weight excluding hydrogens is 319 g/mol. The highest BCUT2D eigenvalue weighted by Crippen LogP contribution is 2.36. The summed E-state index contributed by atoms with van der Waals surface area (Å²) in [5.41, 5.74) is 0.632. The van der Waals surface area contributed by atoms with E-state index in [0.29, 0.717) is 37.7 Å². The number of nitrogens with zero attached hydrogens (tertiary/aromatic N) is 1. The van der Waals surface area contributed by atoms with Crippen molar-refractivity contribution in [2.45, 2.75) is 31.8 Å². The van der Waals surface area contributed by atoms with Crippen molar-refractivity contribution in [2.24, 2.45) is 5.92 Å². The van der Waals surface area contributed by atoms with Gasteiger partial charge in [-0.15, -0.1) is 12.4 Å². The van der Waals surface area contributed by atoms with Crippen LogP contribution in [0.25, 0.3) is 0 Å². The number of rotatable bonds is 3. The van der Waals surface area contributed by atoms with E-state index in [4.69, 9.17) is 4.74 Å². The van der Waals surface area contributed by atoms with Crippen LogP contribution < -0.4 is 5.32 Å². The molecule has 3 rings (SSSR count). The maximum absolute atomic E-state index is 14.1. The van der Waals surface area contributed by atoms with Crippen molar-refractivity contribution in [1.29, 1.82) is 0 Å². The largest absolute Gasteiger partial charge is 0.378 e. The van der Waals surface area contributed by atoms with Gasteiger partial charge in [-0.2, -0.15) is 0 Å². The minimum Gasteiger partial charge on any atom is -0.378 e. The summed E-state index contributed by atoms with van der Waals surface area (Å²) in [6, 6.07) is 6.71. The van der Waals surface area contributed by atoms with Crippen LogP contribution in [0, 0.1) is 11.7 Å². The predicted molar refractivity (Wildman–Crippen MR) is 89.1 cm³/mol. The van der Waals surface area contributed by atoms with Gasteiger partial charge in [0.1, 0.15) is 5.82 Å². The van der Waals surface area contributed by atoms with Gasteiger partial charge in [-0.25, -0.2) is 4.39 Å². The molecular formula is C17H24ClFN2O2. The maximum Gasteiger partial charge on any atom is 0.224 e. The number of benzene rings is 1. The van der Waals surface area contributed by atoms with Crippen molar-refractivity contribution in [3.63, 3.8) is 0 Å². The van der Waals surface area contributed by atoms with E-state index < -0.39 is 0 Å². The summed E-state index contributed by atoms with van der Waals surface area (Å²) in [4.78, 5) is 14.5. The highest BCUT2D eigenvalue weighted by Gasteiger charge is 2.36. The monoisotopic (exact) mass is 342 g/mol. The van der Waals surface area contributed by atoms with Crippen LogP contribution in [-0.4, -0.2) is 43.2 Å². The van der Waals surface area contributed by atoms with E-state index in [1.807, 2.05) is 11.0 Å². The molecule has 0 bridgehead atoms. The van der Waals surface area contributed by atoms with E-state index in [1.165, 1.54) is 6.07 Å². The van der Waals surface area contributed by atoms with Crippen LogP contribution >= 0.6 is 12.4 Å². The topological polar surface area (TPSA) is 41.6 Å². The lowest BCUT2D eigenvalue weighted by atomic mass is 10.00. The first-order valence-electron chi connectivity index (χ1n) is 8.00. The summed E-state index contributed by atoms with van der Waals surface area (Å²) >= 11 is 0. The van der Waals surface area contributed by atoms with Crippen molar-refractivity contribution in [3.05, 3.63) is 35.6 Å². The third-order valence-electron chi connectivity index (χ3n) is 4.51. The zero-order valence-corrected chi connectivity index (χ0v) is 14.2. The lowest BCUT2D eigenvalue weighted by Gasteiger charge is -2.29. The number of nitrogens with one attached hydrogen (secondary N) is 1. The Bertz CT molecular complexity index is 537. The van der Waals surface area contributed by atoms with Crippen LogP contribution in [0.2, 0.25) is 0 Å². The summed E-state index contributed by atoms with van der Waals surface area (Å²) in [5.74, 6) is 0.253. The Kier molecular flexibility index (Phi) is 6.39. The average Bonchev–Trinajstić information content (AvgIpc) is 2.90.